The number of rotatable bonds is 4. The van der Waals surface area contributed by atoms with Crippen LogP contribution in [0.15, 0.2) is 48.5 Å². The van der Waals surface area contributed by atoms with E-state index in [0.717, 1.165) is 22.4 Å². The molecule has 3 nitrogen and oxygen atoms in total. The summed E-state index contributed by atoms with van der Waals surface area (Å²) in [5.41, 5.74) is 2.98. The van der Waals surface area contributed by atoms with Crippen LogP contribution < -0.4 is 10.1 Å². The molecule has 2 rings (SSSR count). The fourth-order valence-corrected chi connectivity index (χ4v) is 2.03. The molecule has 0 fully saturated rings. The molecule has 0 saturated carbocycles. The Morgan fingerprint density at radius 2 is 1.73 bits per heavy atom. The van der Waals surface area contributed by atoms with Crippen LogP contribution in [0.1, 0.15) is 16.7 Å². The lowest BCUT2D eigenvalue weighted by molar-refractivity contribution is -0.122. The summed E-state index contributed by atoms with van der Waals surface area (Å²) in [4.78, 5) is 11.7. The van der Waals surface area contributed by atoms with Crippen molar-refractivity contribution in [2.24, 2.45) is 0 Å². The maximum atomic E-state index is 11.7. The third-order valence-electron chi connectivity index (χ3n) is 3.14. The van der Waals surface area contributed by atoms with Crippen molar-refractivity contribution in [3.05, 3.63) is 65.2 Å². The van der Waals surface area contributed by atoms with Gasteiger partial charge in [0.1, 0.15) is 5.75 Å². The summed E-state index contributed by atoms with van der Waals surface area (Å²) >= 11 is 0. The Bertz CT molecular complexity index is 676. The van der Waals surface area contributed by atoms with E-state index in [1.165, 1.54) is 0 Å². The van der Waals surface area contributed by atoms with E-state index < -0.39 is 0 Å². The topological polar surface area (TPSA) is 38.3 Å². The van der Waals surface area contributed by atoms with Crippen LogP contribution in [-0.2, 0) is 4.79 Å². The Hall–Kier alpha value is -2.73. The van der Waals surface area contributed by atoms with Gasteiger partial charge in [-0.1, -0.05) is 48.2 Å². The third kappa shape index (κ3) is 4.68. The Balaban J connectivity index is 1.78. The molecule has 1 N–H and O–H groups in total. The van der Waals surface area contributed by atoms with E-state index in [-0.39, 0.29) is 12.5 Å². The summed E-state index contributed by atoms with van der Waals surface area (Å²) < 4.78 is 5.58. The highest BCUT2D eigenvalue weighted by atomic mass is 16.5. The summed E-state index contributed by atoms with van der Waals surface area (Å²) in [6, 6.07) is 15.6. The molecule has 0 aliphatic heterocycles. The second-order valence-corrected chi connectivity index (χ2v) is 4.95. The van der Waals surface area contributed by atoms with Gasteiger partial charge in [0.2, 0.25) is 0 Å². The van der Waals surface area contributed by atoms with Gasteiger partial charge in [0.25, 0.3) is 5.91 Å². The Kier molecular flexibility index (Phi) is 5.62. The van der Waals surface area contributed by atoms with Gasteiger partial charge in [0.05, 0.1) is 6.54 Å². The second-order valence-electron chi connectivity index (χ2n) is 4.95. The van der Waals surface area contributed by atoms with Gasteiger partial charge in [-0.2, -0.15) is 0 Å². The van der Waals surface area contributed by atoms with Crippen molar-refractivity contribution in [3.8, 4) is 17.6 Å². The second kappa shape index (κ2) is 7.90. The molecule has 0 bridgehead atoms. The van der Waals surface area contributed by atoms with E-state index in [1.54, 1.807) is 0 Å². The minimum Gasteiger partial charge on any atom is -0.483 e. The number of hydrogen-bond donors (Lipinski definition) is 1. The smallest absolute Gasteiger partial charge is 0.258 e. The van der Waals surface area contributed by atoms with E-state index in [0.29, 0.717) is 6.54 Å². The maximum absolute atomic E-state index is 11.7. The summed E-state index contributed by atoms with van der Waals surface area (Å²) in [6.45, 7) is 4.24. The molecule has 0 aromatic heterocycles. The first-order valence-electron chi connectivity index (χ1n) is 7.16. The van der Waals surface area contributed by atoms with Crippen molar-refractivity contribution in [2.75, 3.05) is 13.2 Å². The molecule has 0 radical (unpaired) electrons. The fourth-order valence-electron chi connectivity index (χ4n) is 2.03. The number of carbonyl (C=O) groups is 1. The lowest BCUT2D eigenvalue weighted by Crippen LogP contribution is -2.29. The first kappa shape index (κ1) is 15.7. The van der Waals surface area contributed by atoms with Crippen LogP contribution in [0, 0.1) is 25.7 Å². The zero-order valence-electron chi connectivity index (χ0n) is 12.8. The van der Waals surface area contributed by atoms with E-state index in [2.05, 4.69) is 17.2 Å². The van der Waals surface area contributed by atoms with Gasteiger partial charge < -0.3 is 10.1 Å². The minimum atomic E-state index is -0.176. The molecule has 0 aliphatic carbocycles. The lowest BCUT2D eigenvalue weighted by Gasteiger charge is -2.11. The van der Waals surface area contributed by atoms with Gasteiger partial charge >= 0.3 is 0 Å². The summed E-state index contributed by atoms with van der Waals surface area (Å²) in [7, 11) is 0. The predicted molar refractivity (Wildman–Crippen MR) is 87.7 cm³/mol. The Morgan fingerprint density at radius 1 is 1.05 bits per heavy atom. The molecule has 0 heterocycles. The van der Waals surface area contributed by atoms with Crippen molar-refractivity contribution in [1.82, 2.24) is 5.32 Å². The molecule has 2 aromatic rings. The van der Waals surface area contributed by atoms with Gasteiger partial charge in [-0.15, -0.1) is 0 Å². The first-order chi connectivity index (χ1) is 10.7. The van der Waals surface area contributed by atoms with E-state index in [9.17, 15) is 4.79 Å². The number of amides is 1. The average molecular weight is 293 g/mol. The molecule has 2 aromatic carbocycles. The zero-order valence-corrected chi connectivity index (χ0v) is 12.8. The predicted octanol–water partition coefficient (Wildman–Crippen LogP) is 2.85. The van der Waals surface area contributed by atoms with E-state index in [1.807, 2.05) is 62.4 Å². The van der Waals surface area contributed by atoms with Crippen LogP contribution in [0.3, 0.4) is 0 Å². The Labute approximate surface area is 131 Å². The minimum absolute atomic E-state index is 0.00128. The molecular weight excluding hydrogens is 274 g/mol. The highest BCUT2D eigenvalue weighted by Crippen LogP contribution is 2.21. The van der Waals surface area contributed by atoms with E-state index in [4.69, 9.17) is 4.74 Å². The average Bonchev–Trinajstić information content (AvgIpc) is 2.52. The van der Waals surface area contributed by atoms with Gasteiger partial charge in [-0.25, -0.2) is 0 Å². The summed E-state index contributed by atoms with van der Waals surface area (Å²) in [6.07, 6.45) is 0. The molecule has 0 unspecified atom stereocenters. The number of ether oxygens (including phenoxy) is 1. The SMILES string of the molecule is Cc1cccc(C)c1OCC(=O)NCC#Cc1ccccc1. The van der Waals surface area contributed by atoms with Crippen LogP contribution in [0.2, 0.25) is 0 Å². The van der Waals surface area contributed by atoms with Gasteiger partial charge in [-0.05, 0) is 37.1 Å². The lowest BCUT2D eigenvalue weighted by atomic mass is 10.1. The largest absolute Gasteiger partial charge is 0.483 e. The van der Waals surface area contributed by atoms with Crippen molar-refractivity contribution in [1.29, 1.82) is 0 Å². The van der Waals surface area contributed by atoms with Crippen molar-refractivity contribution in [2.45, 2.75) is 13.8 Å². The number of nitrogens with one attached hydrogen (secondary N) is 1. The van der Waals surface area contributed by atoms with Crippen molar-refractivity contribution in [3.63, 3.8) is 0 Å². The Morgan fingerprint density at radius 3 is 2.41 bits per heavy atom. The van der Waals surface area contributed by atoms with Gasteiger partial charge in [-0.3, -0.25) is 4.79 Å². The standard InChI is InChI=1S/C19H19NO2/c1-15-8-6-9-16(2)19(15)22-14-18(21)20-13-7-12-17-10-4-3-5-11-17/h3-6,8-11H,13-14H2,1-2H3,(H,20,21). The van der Waals surface area contributed by atoms with Crippen LogP contribution in [-0.4, -0.2) is 19.1 Å². The fraction of sp³-hybridized carbons (Fsp3) is 0.211. The number of hydrogen-bond acceptors (Lipinski definition) is 2. The molecule has 1 amide bonds. The first-order valence-corrected chi connectivity index (χ1v) is 7.16. The highest BCUT2D eigenvalue weighted by Gasteiger charge is 2.06. The van der Waals surface area contributed by atoms with Crippen LogP contribution >= 0.6 is 0 Å². The maximum Gasteiger partial charge on any atom is 0.258 e. The van der Waals surface area contributed by atoms with Crippen molar-refractivity contribution < 1.29 is 9.53 Å². The molecule has 112 valence electrons. The summed E-state index contributed by atoms with van der Waals surface area (Å²) in [5, 5.41) is 2.72. The molecule has 22 heavy (non-hydrogen) atoms. The van der Waals surface area contributed by atoms with Gasteiger partial charge in [0, 0.05) is 5.56 Å². The number of carbonyl (C=O) groups excluding carboxylic acids is 1. The van der Waals surface area contributed by atoms with Crippen molar-refractivity contribution >= 4 is 5.91 Å². The van der Waals surface area contributed by atoms with E-state index >= 15 is 0 Å². The number of benzene rings is 2. The molecule has 0 atom stereocenters. The molecule has 0 saturated heterocycles. The monoisotopic (exact) mass is 293 g/mol. The van der Waals surface area contributed by atoms with Crippen LogP contribution in [0.4, 0.5) is 0 Å². The quantitative estimate of drug-likeness (QED) is 0.880. The number of aryl methyl sites for hydroxylation is 2. The molecule has 3 heteroatoms. The summed E-state index contributed by atoms with van der Waals surface area (Å²) in [5.74, 6) is 6.50. The normalized spacial score (nSPS) is 9.55. The third-order valence-corrected chi connectivity index (χ3v) is 3.14. The van der Waals surface area contributed by atoms with Crippen LogP contribution in [0.5, 0.6) is 5.75 Å². The van der Waals surface area contributed by atoms with Crippen LogP contribution in [0.25, 0.3) is 0 Å². The highest BCUT2D eigenvalue weighted by molar-refractivity contribution is 5.77. The molecular formula is C19H19NO2. The zero-order chi connectivity index (χ0) is 15.8. The molecule has 0 spiro atoms. The number of para-hydroxylation sites is 1. The van der Waals surface area contributed by atoms with Gasteiger partial charge in [0.15, 0.2) is 6.61 Å². The molecule has 0 aliphatic rings.